The van der Waals surface area contributed by atoms with Crippen molar-refractivity contribution in [2.24, 2.45) is 11.7 Å². The summed E-state index contributed by atoms with van der Waals surface area (Å²) in [5, 5.41) is 2.32. The lowest BCUT2D eigenvalue weighted by molar-refractivity contribution is -0.135. The number of carbonyl (C=O) groups is 2. The molecule has 8 heteroatoms. The molecule has 172 valence electrons. The molecule has 3 aliphatic rings. The van der Waals surface area contributed by atoms with Crippen LogP contribution in [0.25, 0.3) is 11.1 Å². The minimum absolute atomic E-state index is 0.222. The minimum Gasteiger partial charge on any atom is -0.408 e. The zero-order valence-electron chi connectivity index (χ0n) is 18.4. The van der Waals surface area contributed by atoms with Gasteiger partial charge in [0.2, 0.25) is 11.8 Å². The number of benzene rings is 1. The second-order valence-electron chi connectivity index (χ2n) is 9.79. The molecule has 0 bridgehead atoms. The average molecular weight is 441 g/mol. The van der Waals surface area contributed by atoms with Crippen LogP contribution in [0.5, 0.6) is 0 Å². The van der Waals surface area contributed by atoms with Gasteiger partial charge in [-0.25, -0.2) is 4.79 Å². The van der Waals surface area contributed by atoms with Crippen molar-refractivity contribution in [3.8, 4) is 0 Å². The summed E-state index contributed by atoms with van der Waals surface area (Å²) >= 11 is 0. The first kappa shape index (κ1) is 21.4. The summed E-state index contributed by atoms with van der Waals surface area (Å²) in [7, 11) is 0. The maximum Gasteiger partial charge on any atom is 0.420 e. The smallest absolute Gasteiger partial charge is 0.408 e. The molecule has 5 rings (SSSR count). The molecule has 2 amide bonds. The number of piperidine rings is 2. The lowest BCUT2D eigenvalue weighted by atomic mass is 9.84. The molecule has 1 aromatic carbocycles. The topological polar surface area (TPSA) is 111 Å². The van der Waals surface area contributed by atoms with Gasteiger partial charge in [-0.05, 0) is 87.6 Å². The Hall–Kier alpha value is -2.45. The molecule has 3 heterocycles. The van der Waals surface area contributed by atoms with Gasteiger partial charge in [-0.15, -0.1) is 0 Å². The number of nitrogens with zero attached hydrogens (tertiary/aromatic N) is 2. The third-order valence-corrected chi connectivity index (χ3v) is 7.63. The molecule has 1 aliphatic carbocycles. The van der Waals surface area contributed by atoms with Gasteiger partial charge in [0.15, 0.2) is 5.58 Å². The predicted molar refractivity (Wildman–Crippen MR) is 120 cm³/mol. The molecular weight excluding hydrogens is 408 g/mol. The Labute approximate surface area is 187 Å². The number of nitrogens with one attached hydrogen (secondary N) is 1. The number of imide groups is 1. The minimum atomic E-state index is -0.704. The largest absolute Gasteiger partial charge is 0.420 e. The molecule has 1 aromatic heterocycles. The van der Waals surface area contributed by atoms with Crippen LogP contribution in [0.15, 0.2) is 27.4 Å². The number of carbonyl (C=O) groups excluding carboxylic acids is 2. The van der Waals surface area contributed by atoms with Crippen molar-refractivity contribution in [1.82, 2.24) is 14.8 Å². The highest BCUT2D eigenvalue weighted by Crippen LogP contribution is 2.32. The van der Waals surface area contributed by atoms with Crippen LogP contribution in [0.1, 0.15) is 68.9 Å². The molecule has 0 spiro atoms. The lowest BCUT2D eigenvalue weighted by Gasteiger charge is -2.36. The van der Waals surface area contributed by atoms with E-state index >= 15 is 0 Å². The van der Waals surface area contributed by atoms with Gasteiger partial charge in [0, 0.05) is 19.0 Å². The van der Waals surface area contributed by atoms with Gasteiger partial charge >= 0.3 is 5.76 Å². The van der Waals surface area contributed by atoms with E-state index in [1.165, 1.54) is 29.5 Å². The zero-order valence-corrected chi connectivity index (χ0v) is 18.4. The van der Waals surface area contributed by atoms with E-state index < -0.39 is 17.7 Å². The van der Waals surface area contributed by atoms with Crippen molar-refractivity contribution < 1.29 is 14.0 Å². The van der Waals surface area contributed by atoms with Crippen LogP contribution in [-0.2, 0) is 9.59 Å². The Kier molecular flexibility index (Phi) is 5.90. The predicted octanol–water partition coefficient (Wildman–Crippen LogP) is 2.27. The van der Waals surface area contributed by atoms with Crippen molar-refractivity contribution in [3.63, 3.8) is 0 Å². The first-order valence-corrected chi connectivity index (χ1v) is 11.9. The quantitative estimate of drug-likeness (QED) is 0.706. The molecular formula is C24H32N4O4. The fourth-order valence-corrected chi connectivity index (χ4v) is 5.72. The molecule has 2 saturated heterocycles. The molecule has 32 heavy (non-hydrogen) atoms. The van der Waals surface area contributed by atoms with Crippen LogP contribution < -0.4 is 16.8 Å². The van der Waals surface area contributed by atoms with E-state index in [1.807, 2.05) is 12.1 Å². The van der Waals surface area contributed by atoms with Crippen LogP contribution in [-0.4, -0.2) is 47.0 Å². The Balaban J connectivity index is 1.26. The fourth-order valence-electron chi connectivity index (χ4n) is 5.72. The van der Waals surface area contributed by atoms with E-state index in [2.05, 4.69) is 16.3 Å². The maximum atomic E-state index is 12.5. The van der Waals surface area contributed by atoms with Gasteiger partial charge < -0.3 is 15.1 Å². The van der Waals surface area contributed by atoms with Crippen LogP contribution in [0.3, 0.4) is 0 Å². The summed E-state index contributed by atoms with van der Waals surface area (Å²) in [5.41, 5.74) is 8.35. The van der Waals surface area contributed by atoms with Crippen molar-refractivity contribution in [1.29, 1.82) is 0 Å². The molecule has 1 unspecified atom stereocenters. The molecule has 0 radical (unpaired) electrons. The number of aromatic nitrogens is 1. The van der Waals surface area contributed by atoms with Crippen molar-refractivity contribution in [3.05, 3.63) is 34.3 Å². The van der Waals surface area contributed by atoms with Gasteiger partial charge in [0.25, 0.3) is 0 Å². The number of amides is 2. The van der Waals surface area contributed by atoms with Gasteiger partial charge in [0.1, 0.15) is 6.04 Å². The normalized spacial score (nSPS) is 28.2. The molecule has 1 atom stereocenters. The Morgan fingerprint density at radius 1 is 1.00 bits per heavy atom. The van der Waals surface area contributed by atoms with Crippen LogP contribution in [0.2, 0.25) is 0 Å². The summed E-state index contributed by atoms with van der Waals surface area (Å²) in [6.07, 6.45) is 7.54. The van der Waals surface area contributed by atoms with Gasteiger partial charge in [-0.2, -0.15) is 0 Å². The monoisotopic (exact) mass is 440 g/mol. The van der Waals surface area contributed by atoms with Gasteiger partial charge in [0.05, 0.1) is 5.52 Å². The van der Waals surface area contributed by atoms with E-state index in [-0.39, 0.29) is 12.3 Å². The molecule has 3 fully saturated rings. The maximum absolute atomic E-state index is 12.5. The van der Waals surface area contributed by atoms with E-state index in [1.54, 1.807) is 0 Å². The highest BCUT2D eigenvalue weighted by molar-refractivity contribution is 6.00. The SMILES string of the molecule is NC1CCC(CN2CCC(c3ccc4c(c3)oc(=O)n4C3CCC(=O)NC3=O)CC2)CC1. The van der Waals surface area contributed by atoms with E-state index in [4.69, 9.17) is 10.2 Å². The summed E-state index contributed by atoms with van der Waals surface area (Å²) in [4.78, 5) is 38.8. The number of oxazole rings is 1. The zero-order chi connectivity index (χ0) is 22.2. The Bertz CT molecular complexity index is 1060. The summed E-state index contributed by atoms with van der Waals surface area (Å²) in [5.74, 6) is -0.0624. The molecule has 2 aromatic rings. The second kappa shape index (κ2) is 8.83. The molecule has 1 saturated carbocycles. The number of rotatable bonds is 4. The highest BCUT2D eigenvalue weighted by Gasteiger charge is 2.32. The number of hydrogen-bond donors (Lipinski definition) is 2. The first-order chi connectivity index (χ1) is 15.5. The van der Waals surface area contributed by atoms with E-state index in [0.717, 1.165) is 44.7 Å². The third kappa shape index (κ3) is 4.26. The molecule has 3 N–H and O–H groups in total. The number of likely N-dealkylation sites (tertiary alicyclic amines) is 1. The van der Waals surface area contributed by atoms with Crippen molar-refractivity contribution in [2.45, 2.75) is 69.4 Å². The fraction of sp³-hybridized carbons (Fsp3) is 0.625. The van der Waals surface area contributed by atoms with Crippen LogP contribution >= 0.6 is 0 Å². The van der Waals surface area contributed by atoms with Crippen LogP contribution in [0, 0.1) is 5.92 Å². The number of fused-ring (bicyclic) bond motifs is 1. The van der Waals surface area contributed by atoms with Gasteiger partial charge in [-0.3, -0.25) is 19.5 Å². The number of hydrogen-bond acceptors (Lipinski definition) is 6. The van der Waals surface area contributed by atoms with E-state index in [9.17, 15) is 14.4 Å². The summed E-state index contributed by atoms with van der Waals surface area (Å²) in [6.45, 7) is 3.36. The summed E-state index contributed by atoms with van der Waals surface area (Å²) in [6, 6.07) is 5.60. The summed E-state index contributed by atoms with van der Waals surface area (Å²) < 4.78 is 6.90. The third-order valence-electron chi connectivity index (χ3n) is 7.63. The van der Waals surface area contributed by atoms with E-state index in [0.29, 0.717) is 29.5 Å². The highest BCUT2D eigenvalue weighted by atomic mass is 16.4. The van der Waals surface area contributed by atoms with Gasteiger partial charge in [-0.1, -0.05) is 6.07 Å². The van der Waals surface area contributed by atoms with Crippen molar-refractivity contribution >= 4 is 22.9 Å². The molecule has 8 nitrogen and oxygen atoms in total. The second-order valence-corrected chi connectivity index (χ2v) is 9.79. The van der Waals surface area contributed by atoms with Crippen molar-refractivity contribution in [2.75, 3.05) is 19.6 Å². The molecule has 2 aliphatic heterocycles. The average Bonchev–Trinajstić information content (AvgIpc) is 3.11. The van der Waals surface area contributed by atoms with Crippen LogP contribution in [0.4, 0.5) is 0 Å². The first-order valence-electron chi connectivity index (χ1n) is 11.9. The number of nitrogens with two attached hydrogens (primary N) is 1. The standard InChI is InChI=1S/C24H32N4O4/c25-18-4-1-15(2-5-18)14-27-11-9-16(10-12-27)17-3-6-19-21(13-17)32-24(31)28(19)20-7-8-22(29)26-23(20)30/h3,6,13,15-16,18,20H,1-2,4-5,7-12,14,25H2,(H,26,29,30). The lowest BCUT2D eigenvalue weighted by Crippen LogP contribution is -2.43. The Morgan fingerprint density at radius 2 is 1.75 bits per heavy atom. The Morgan fingerprint density at radius 3 is 2.47 bits per heavy atom.